The molecular weight excluding hydrogens is 230 g/mol. The average Bonchev–Trinajstić information content (AvgIpc) is 2.80. The molecule has 0 atom stereocenters. The van der Waals surface area contributed by atoms with Crippen LogP contribution in [0, 0.1) is 0 Å². The lowest BCUT2D eigenvalue weighted by Gasteiger charge is -2.00. The van der Waals surface area contributed by atoms with Crippen LogP contribution in [0.5, 0.6) is 0 Å². The number of rotatable bonds is 5. The topological polar surface area (TPSA) is 30.7 Å². The van der Waals surface area contributed by atoms with Gasteiger partial charge in [0, 0.05) is 5.56 Å². The molecule has 0 aliphatic rings. The smallest absolute Gasteiger partial charge is 0.113 e. The van der Waals surface area contributed by atoms with E-state index in [4.69, 9.17) is 0 Å². The molecule has 0 N–H and O–H groups in total. The molecular formula is C13H17N3S. The Labute approximate surface area is 106 Å². The van der Waals surface area contributed by atoms with Crippen molar-refractivity contribution >= 4 is 11.8 Å². The van der Waals surface area contributed by atoms with Gasteiger partial charge >= 0.3 is 0 Å². The lowest BCUT2D eigenvalue weighted by atomic mass is 10.1. The van der Waals surface area contributed by atoms with Gasteiger partial charge in [0.15, 0.2) is 0 Å². The number of aromatic nitrogens is 3. The van der Waals surface area contributed by atoms with E-state index in [2.05, 4.69) is 47.8 Å². The second-order valence-corrected chi connectivity index (χ2v) is 4.84. The number of benzene rings is 1. The highest BCUT2D eigenvalue weighted by molar-refractivity contribution is 7.97. The van der Waals surface area contributed by atoms with E-state index in [0.717, 1.165) is 23.6 Å². The van der Waals surface area contributed by atoms with Crippen LogP contribution >= 0.6 is 11.8 Å². The Morgan fingerprint density at radius 1 is 1.24 bits per heavy atom. The Morgan fingerprint density at radius 2 is 2.00 bits per heavy atom. The Hall–Kier alpha value is -1.29. The van der Waals surface area contributed by atoms with Crippen LogP contribution < -0.4 is 0 Å². The summed E-state index contributed by atoms with van der Waals surface area (Å²) in [7, 11) is 0. The van der Waals surface area contributed by atoms with Crippen molar-refractivity contribution in [2.75, 3.05) is 6.26 Å². The molecule has 0 radical (unpaired) electrons. The summed E-state index contributed by atoms with van der Waals surface area (Å²) >= 11 is 1.73. The maximum absolute atomic E-state index is 4.18. The minimum absolute atomic E-state index is 0.848. The molecule has 2 aromatic rings. The molecule has 0 aliphatic carbocycles. The van der Waals surface area contributed by atoms with E-state index in [1.807, 2.05) is 10.9 Å². The standard InChI is InChI=1S/C13H17N3S/c1-3-4-11-5-7-12(8-6-11)13-9-16(10-17-2)15-14-13/h5-9H,3-4,10H2,1-2H3. The van der Waals surface area contributed by atoms with Crippen LogP contribution in [0.25, 0.3) is 11.3 Å². The summed E-state index contributed by atoms with van der Waals surface area (Å²) < 4.78 is 1.86. The molecule has 0 saturated carbocycles. The molecule has 0 saturated heterocycles. The van der Waals surface area contributed by atoms with Crippen molar-refractivity contribution in [2.24, 2.45) is 0 Å². The van der Waals surface area contributed by atoms with Crippen LogP contribution in [0.15, 0.2) is 30.5 Å². The van der Waals surface area contributed by atoms with Crippen LogP contribution in [0.4, 0.5) is 0 Å². The Bertz CT molecular complexity index is 462. The SMILES string of the molecule is CCCc1ccc(-c2cn(CSC)nn2)cc1. The average molecular weight is 247 g/mol. The van der Waals surface area contributed by atoms with Gasteiger partial charge in [-0.2, -0.15) is 0 Å². The van der Waals surface area contributed by atoms with Crippen LogP contribution in [0.3, 0.4) is 0 Å². The molecule has 0 unspecified atom stereocenters. The zero-order valence-corrected chi connectivity index (χ0v) is 11.1. The molecule has 17 heavy (non-hydrogen) atoms. The Kier molecular flexibility index (Phi) is 4.20. The van der Waals surface area contributed by atoms with Crippen molar-refractivity contribution in [1.29, 1.82) is 0 Å². The summed E-state index contributed by atoms with van der Waals surface area (Å²) in [5.41, 5.74) is 3.46. The maximum atomic E-state index is 4.18. The summed E-state index contributed by atoms with van der Waals surface area (Å²) in [5.74, 6) is 0.848. The predicted molar refractivity (Wildman–Crippen MR) is 73.0 cm³/mol. The lowest BCUT2D eigenvalue weighted by Crippen LogP contribution is -1.93. The fraction of sp³-hybridized carbons (Fsp3) is 0.385. The number of hydrogen-bond acceptors (Lipinski definition) is 3. The molecule has 90 valence electrons. The van der Waals surface area contributed by atoms with Crippen molar-refractivity contribution in [3.05, 3.63) is 36.0 Å². The first-order chi connectivity index (χ1) is 8.33. The maximum Gasteiger partial charge on any atom is 0.113 e. The fourth-order valence-corrected chi connectivity index (χ4v) is 2.15. The van der Waals surface area contributed by atoms with Crippen molar-refractivity contribution in [3.63, 3.8) is 0 Å². The summed E-state index contributed by atoms with van der Waals surface area (Å²) in [4.78, 5) is 0. The van der Waals surface area contributed by atoms with E-state index in [-0.39, 0.29) is 0 Å². The molecule has 4 heteroatoms. The number of nitrogens with zero attached hydrogens (tertiary/aromatic N) is 3. The van der Waals surface area contributed by atoms with E-state index in [9.17, 15) is 0 Å². The van der Waals surface area contributed by atoms with Crippen molar-refractivity contribution in [2.45, 2.75) is 25.6 Å². The first-order valence-electron chi connectivity index (χ1n) is 5.82. The zero-order valence-electron chi connectivity index (χ0n) is 10.3. The first-order valence-corrected chi connectivity index (χ1v) is 7.21. The molecule has 0 fully saturated rings. The van der Waals surface area contributed by atoms with Gasteiger partial charge in [-0.25, -0.2) is 4.68 Å². The third kappa shape index (κ3) is 3.09. The van der Waals surface area contributed by atoms with Gasteiger partial charge in [0.05, 0.1) is 12.1 Å². The minimum atomic E-state index is 0.848. The van der Waals surface area contributed by atoms with Crippen molar-refractivity contribution in [3.8, 4) is 11.3 Å². The largest absolute Gasteiger partial charge is 0.242 e. The van der Waals surface area contributed by atoms with Gasteiger partial charge < -0.3 is 0 Å². The first kappa shape index (κ1) is 12.2. The Balaban J connectivity index is 2.15. The number of hydrogen-bond donors (Lipinski definition) is 0. The predicted octanol–water partition coefficient (Wildman–Crippen LogP) is 3.22. The van der Waals surface area contributed by atoms with E-state index in [1.165, 1.54) is 12.0 Å². The van der Waals surface area contributed by atoms with Crippen LogP contribution in [-0.4, -0.2) is 21.2 Å². The molecule has 0 spiro atoms. The number of thioether (sulfide) groups is 1. The third-order valence-electron chi connectivity index (χ3n) is 2.59. The second-order valence-electron chi connectivity index (χ2n) is 4.01. The van der Waals surface area contributed by atoms with Crippen LogP contribution in [0.1, 0.15) is 18.9 Å². The molecule has 1 aromatic heterocycles. The van der Waals surface area contributed by atoms with Gasteiger partial charge in [-0.3, -0.25) is 0 Å². The van der Waals surface area contributed by atoms with Crippen LogP contribution in [0.2, 0.25) is 0 Å². The van der Waals surface area contributed by atoms with Gasteiger partial charge in [0.25, 0.3) is 0 Å². The summed E-state index contributed by atoms with van der Waals surface area (Å²) in [5, 5.41) is 8.27. The number of aryl methyl sites for hydroxylation is 1. The summed E-state index contributed by atoms with van der Waals surface area (Å²) in [6, 6.07) is 8.59. The van der Waals surface area contributed by atoms with Gasteiger partial charge in [0.1, 0.15) is 5.69 Å². The third-order valence-corrected chi connectivity index (χ3v) is 3.11. The second kappa shape index (κ2) is 5.87. The van der Waals surface area contributed by atoms with Gasteiger partial charge in [0.2, 0.25) is 0 Å². The highest BCUT2D eigenvalue weighted by atomic mass is 32.2. The van der Waals surface area contributed by atoms with Gasteiger partial charge in [-0.1, -0.05) is 42.8 Å². The quantitative estimate of drug-likeness (QED) is 0.812. The molecule has 0 amide bonds. The van der Waals surface area contributed by atoms with Crippen LogP contribution in [-0.2, 0) is 12.3 Å². The molecule has 3 nitrogen and oxygen atoms in total. The molecule has 2 rings (SSSR count). The van der Waals surface area contributed by atoms with Crippen molar-refractivity contribution < 1.29 is 0 Å². The van der Waals surface area contributed by atoms with E-state index < -0.39 is 0 Å². The zero-order chi connectivity index (χ0) is 12.1. The van der Waals surface area contributed by atoms with E-state index >= 15 is 0 Å². The van der Waals surface area contributed by atoms with E-state index in [1.54, 1.807) is 11.8 Å². The molecule has 0 bridgehead atoms. The summed E-state index contributed by atoms with van der Waals surface area (Å²) in [6.45, 7) is 2.20. The summed E-state index contributed by atoms with van der Waals surface area (Å²) in [6.07, 6.45) is 6.37. The lowest BCUT2D eigenvalue weighted by molar-refractivity contribution is 0.702. The molecule has 1 heterocycles. The highest BCUT2D eigenvalue weighted by Crippen LogP contribution is 2.17. The van der Waals surface area contributed by atoms with Gasteiger partial charge in [-0.05, 0) is 18.2 Å². The molecule has 0 aliphatic heterocycles. The normalized spacial score (nSPS) is 10.7. The molecule has 1 aromatic carbocycles. The minimum Gasteiger partial charge on any atom is -0.242 e. The highest BCUT2D eigenvalue weighted by Gasteiger charge is 2.03. The van der Waals surface area contributed by atoms with Crippen molar-refractivity contribution in [1.82, 2.24) is 15.0 Å². The van der Waals surface area contributed by atoms with E-state index in [0.29, 0.717) is 0 Å². The fourth-order valence-electron chi connectivity index (χ4n) is 1.76. The van der Waals surface area contributed by atoms with Gasteiger partial charge in [-0.15, -0.1) is 16.9 Å². The monoisotopic (exact) mass is 247 g/mol. The Morgan fingerprint density at radius 3 is 2.65 bits per heavy atom.